The van der Waals surface area contributed by atoms with Crippen LogP contribution in [-0.4, -0.2) is 16.1 Å². The number of nitrogens with zero attached hydrogens (tertiary/aromatic N) is 1. The van der Waals surface area contributed by atoms with Gasteiger partial charge in [-0.2, -0.15) is 0 Å². The zero-order chi connectivity index (χ0) is 11.5. The lowest BCUT2D eigenvalue weighted by atomic mass is 10.1. The van der Waals surface area contributed by atoms with Crippen LogP contribution in [0.5, 0.6) is 0 Å². The summed E-state index contributed by atoms with van der Waals surface area (Å²) >= 11 is 6.00. The molecule has 0 aliphatic rings. The van der Waals surface area contributed by atoms with E-state index in [1.165, 1.54) is 18.3 Å². The maximum atomic E-state index is 10.8. The summed E-state index contributed by atoms with van der Waals surface area (Å²) in [4.78, 5) is 14.9. The second-order valence-electron chi connectivity index (χ2n) is 3.21. The first-order valence-corrected chi connectivity index (χ1v) is 5.00. The van der Waals surface area contributed by atoms with Crippen molar-refractivity contribution in [2.24, 2.45) is 0 Å². The van der Waals surface area contributed by atoms with E-state index in [-0.39, 0.29) is 5.56 Å². The Morgan fingerprint density at radius 2 is 2.00 bits per heavy atom. The summed E-state index contributed by atoms with van der Waals surface area (Å²) in [5.41, 5.74) is 1.49. The molecule has 0 amide bonds. The molecule has 0 atom stereocenters. The molecule has 2 rings (SSSR count). The molecule has 0 aliphatic heterocycles. The number of carbonyl (C=O) groups is 1. The van der Waals surface area contributed by atoms with Crippen molar-refractivity contribution in [2.45, 2.75) is 0 Å². The summed E-state index contributed by atoms with van der Waals surface area (Å²) in [6, 6.07) is 10.1. The SMILES string of the molecule is O=C(O)c1ccnc(-c2ccccc2Cl)c1. The van der Waals surface area contributed by atoms with Crippen LogP contribution in [-0.2, 0) is 0 Å². The summed E-state index contributed by atoms with van der Waals surface area (Å²) in [7, 11) is 0. The van der Waals surface area contributed by atoms with Gasteiger partial charge in [0.1, 0.15) is 0 Å². The number of hydrogen-bond acceptors (Lipinski definition) is 2. The summed E-state index contributed by atoms with van der Waals surface area (Å²) < 4.78 is 0. The van der Waals surface area contributed by atoms with Crippen LogP contribution < -0.4 is 0 Å². The van der Waals surface area contributed by atoms with E-state index in [0.29, 0.717) is 10.7 Å². The van der Waals surface area contributed by atoms with Gasteiger partial charge >= 0.3 is 5.97 Å². The van der Waals surface area contributed by atoms with E-state index < -0.39 is 5.97 Å². The standard InChI is InChI=1S/C12H8ClNO2/c13-10-4-2-1-3-9(10)11-7-8(12(15)16)5-6-14-11/h1-7H,(H,15,16). The lowest BCUT2D eigenvalue weighted by Gasteiger charge is -2.03. The van der Waals surface area contributed by atoms with Gasteiger partial charge < -0.3 is 5.11 Å². The van der Waals surface area contributed by atoms with E-state index in [4.69, 9.17) is 16.7 Å². The van der Waals surface area contributed by atoms with Crippen LogP contribution >= 0.6 is 11.6 Å². The normalized spacial score (nSPS) is 10.1. The smallest absolute Gasteiger partial charge is 0.335 e. The number of carboxylic acids is 1. The third-order valence-electron chi connectivity index (χ3n) is 2.16. The molecule has 80 valence electrons. The molecule has 0 spiro atoms. The topological polar surface area (TPSA) is 50.2 Å². The number of halogens is 1. The lowest BCUT2D eigenvalue weighted by Crippen LogP contribution is -1.97. The first kappa shape index (κ1) is 10.6. The third-order valence-corrected chi connectivity index (χ3v) is 2.49. The Balaban J connectivity index is 2.53. The Hall–Kier alpha value is -1.87. The second-order valence-corrected chi connectivity index (χ2v) is 3.62. The fraction of sp³-hybridized carbons (Fsp3) is 0. The molecule has 0 aliphatic carbocycles. The molecule has 4 heteroatoms. The van der Waals surface area contributed by atoms with E-state index in [0.717, 1.165) is 5.56 Å². The van der Waals surface area contributed by atoms with Gasteiger partial charge in [-0.1, -0.05) is 29.8 Å². The van der Waals surface area contributed by atoms with Crippen LogP contribution in [0.1, 0.15) is 10.4 Å². The number of aromatic carboxylic acids is 1. The van der Waals surface area contributed by atoms with Crippen molar-refractivity contribution >= 4 is 17.6 Å². The van der Waals surface area contributed by atoms with Crippen molar-refractivity contribution in [3.63, 3.8) is 0 Å². The number of benzene rings is 1. The number of aromatic nitrogens is 1. The van der Waals surface area contributed by atoms with Crippen LogP contribution in [0.15, 0.2) is 42.6 Å². The average molecular weight is 234 g/mol. The fourth-order valence-electron chi connectivity index (χ4n) is 1.38. The van der Waals surface area contributed by atoms with Gasteiger partial charge in [0.2, 0.25) is 0 Å². The summed E-state index contributed by atoms with van der Waals surface area (Å²) in [6.45, 7) is 0. The Labute approximate surface area is 97.3 Å². The van der Waals surface area contributed by atoms with Crippen LogP contribution in [0.3, 0.4) is 0 Å². The monoisotopic (exact) mass is 233 g/mol. The molecule has 1 aromatic heterocycles. The molecular weight excluding hydrogens is 226 g/mol. The first-order chi connectivity index (χ1) is 7.68. The van der Waals surface area contributed by atoms with Crippen molar-refractivity contribution in [3.05, 3.63) is 53.2 Å². The minimum atomic E-state index is -0.976. The zero-order valence-electron chi connectivity index (χ0n) is 8.22. The summed E-state index contributed by atoms with van der Waals surface area (Å²) in [6.07, 6.45) is 1.46. The largest absolute Gasteiger partial charge is 0.478 e. The Morgan fingerprint density at radius 1 is 1.25 bits per heavy atom. The van der Waals surface area contributed by atoms with Gasteiger partial charge in [0.15, 0.2) is 0 Å². The Morgan fingerprint density at radius 3 is 2.69 bits per heavy atom. The minimum Gasteiger partial charge on any atom is -0.478 e. The Kier molecular flexibility index (Phi) is 2.88. The van der Waals surface area contributed by atoms with E-state index in [1.54, 1.807) is 12.1 Å². The van der Waals surface area contributed by atoms with Crippen LogP contribution in [0.2, 0.25) is 5.02 Å². The first-order valence-electron chi connectivity index (χ1n) is 4.63. The van der Waals surface area contributed by atoms with Gasteiger partial charge in [0.25, 0.3) is 0 Å². The molecule has 3 nitrogen and oxygen atoms in total. The fourth-order valence-corrected chi connectivity index (χ4v) is 1.61. The van der Waals surface area contributed by atoms with E-state index >= 15 is 0 Å². The molecular formula is C12H8ClNO2. The predicted molar refractivity (Wildman–Crippen MR) is 61.6 cm³/mol. The van der Waals surface area contributed by atoms with Crippen molar-refractivity contribution in [1.82, 2.24) is 4.98 Å². The number of pyridine rings is 1. The lowest BCUT2D eigenvalue weighted by molar-refractivity contribution is 0.0697. The van der Waals surface area contributed by atoms with E-state index in [9.17, 15) is 4.79 Å². The van der Waals surface area contributed by atoms with Gasteiger partial charge in [-0.3, -0.25) is 4.98 Å². The predicted octanol–water partition coefficient (Wildman–Crippen LogP) is 3.10. The van der Waals surface area contributed by atoms with Crippen LogP contribution in [0.4, 0.5) is 0 Å². The highest BCUT2D eigenvalue weighted by molar-refractivity contribution is 6.33. The molecule has 2 aromatic rings. The van der Waals surface area contributed by atoms with Gasteiger partial charge in [-0.25, -0.2) is 4.79 Å². The van der Waals surface area contributed by atoms with Crippen molar-refractivity contribution in [2.75, 3.05) is 0 Å². The van der Waals surface area contributed by atoms with Gasteiger partial charge in [-0.05, 0) is 18.2 Å². The van der Waals surface area contributed by atoms with Crippen molar-refractivity contribution < 1.29 is 9.90 Å². The number of carboxylic acid groups (broad SMARTS) is 1. The molecule has 0 saturated heterocycles. The molecule has 0 fully saturated rings. The van der Waals surface area contributed by atoms with Crippen LogP contribution in [0, 0.1) is 0 Å². The molecule has 0 saturated carbocycles. The zero-order valence-corrected chi connectivity index (χ0v) is 8.98. The highest BCUT2D eigenvalue weighted by atomic mass is 35.5. The summed E-state index contributed by atoms with van der Waals surface area (Å²) in [5, 5.41) is 9.42. The second kappa shape index (κ2) is 4.33. The van der Waals surface area contributed by atoms with Gasteiger partial charge in [-0.15, -0.1) is 0 Å². The molecule has 1 N–H and O–H groups in total. The molecule has 0 radical (unpaired) electrons. The van der Waals surface area contributed by atoms with E-state index in [2.05, 4.69) is 4.98 Å². The van der Waals surface area contributed by atoms with Crippen molar-refractivity contribution in [3.8, 4) is 11.3 Å². The van der Waals surface area contributed by atoms with Gasteiger partial charge in [0, 0.05) is 16.8 Å². The summed E-state index contributed by atoms with van der Waals surface area (Å²) in [5.74, 6) is -0.976. The molecule has 1 heterocycles. The average Bonchev–Trinajstić information content (AvgIpc) is 2.30. The Bertz CT molecular complexity index is 540. The maximum Gasteiger partial charge on any atom is 0.335 e. The highest BCUT2D eigenvalue weighted by Crippen LogP contribution is 2.26. The maximum absolute atomic E-state index is 10.8. The molecule has 0 unspecified atom stereocenters. The third kappa shape index (κ3) is 2.04. The molecule has 16 heavy (non-hydrogen) atoms. The number of hydrogen-bond donors (Lipinski definition) is 1. The highest BCUT2D eigenvalue weighted by Gasteiger charge is 2.07. The molecule has 0 bridgehead atoms. The van der Waals surface area contributed by atoms with E-state index in [1.807, 2.05) is 12.1 Å². The van der Waals surface area contributed by atoms with Gasteiger partial charge in [0.05, 0.1) is 11.3 Å². The number of rotatable bonds is 2. The van der Waals surface area contributed by atoms with Crippen molar-refractivity contribution in [1.29, 1.82) is 0 Å². The molecule has 1 aromatic carbocycles. The quantitative estimate of drug-likeness (QED) is 0.867. The van der Waals surface area contributed by atoms with Crippen LogP contribution in [0.25, 0.3) is 11.3 Å². The minimum absolute atomic E-state index is 0.199.